The number of hydrogen-bond donors (Lipinski definition) is 0. The predicted molar refractivity (Wildman–Crippen MR) is 77.4 cm³/mol. The molecule has 0 N–H and O–H groups in total. The first kappa shape index (κ1) is 17.4. The Morgan fingerprint density at radius 2 is 2.10 bits per heavy atom. The number of benzene rings is 1. The van der Waals surface area contributed by atoms with E-state index in [1.165, 1.54) is 6.07 Å². The van der Waals surface area contributed by atoms with Crippen molar-refractivity contribution < 1.29 is 13.3 Å². The van der Waals surface area contributed by atoms with Crippen LogP contribution in [0.15, 0.2) is 23.1 Å². The minimum absolute atomic E-state index is 0.00444. The Kier molecular flexibility index (Phi) is 5.66. The maximum absolute atomic E-state index is 12.6. The summed E-state index contributed by atoms with van der Waals surface area (Å²) >= 11 is 5.87. The van der Waals surface area contributed by atoms with Crippen molar-refractivity contribution in [3.8, 4) is 6.07 Å². The van der Waals surface area contributed by atoms with E-state index in [-0.39, 0.29) is 28.6 Å². The van der Waals surface area contributed by atoms with Gasteiger partial charge in [0.1, 0.15) is 4.90 Å². The highest BCUT2D eigenvalue weighted by molar-refractivity contribution is 7.89. The van der Waals surface area contributed by atoms with Crippen LogP contribution >= 0.6 is 11.6 Å². The summed E-state index contributed by atoms with van der Waals surface area (Å²) in [5.74, 6) is 0. The Bertz CT molecular complexity index is 682. The first-order valence-corrected chi connectivity index (χ1v) is 7.86. The van der Waals surface area contributed by atoms with Gasteiger partial charge >= 0.3 is 0 Å². The normalized spacial score (nSPS) is 11.6. The molecule has 1 aromatic carbocycles. The summed E-state index contributed by atoms with van der Waals surface area (Å²) in [6.07, 6.45) is 0.0178. The van der Waals surface area contributed by atoms with Crippen molar-refractivity contribution in [3.05, 3.63) is 33.3 Å². The monoisotopic (exact) mass is 331 g/mol. The van der Waals surface area contributed by atoms with Crippen LogP contribution in [0.25, 0.3) is 0 Å². The number of hydrogen-bond acceptors (Lipinski definition) is 5. The van der Waals surface area contributed by atoms with Crippen molar-refractivity contribution in [3.63, 3.8) is 0 Å². The largest absolute Gasteiger partial charge is 0.270 e. The van der Waals surface area contributed by atoms with Crippen LogP contribution in [-0.4, -0.2) is 30.2 Å². The zero-order chi connectivity index (χ0) is 16.2. The fraction of sp³-hybridized carbons (Fsp3) is 0.417. The molecule has 21 heavy (non-hydrogen) atoms. The second-order valence-electron chi connectivity index (χ2n) is 4.49. The number of non-ortho nitro benzene ring substituents is 1. The number of sulfonamides is 1. The lowest BCUT2D eigenvalue weighted by atomic mass is 10.3. The fourth-order valence-corrected chi connectivity index (χ4v) is 3.88. The molecule has 0 bridgehead atoms. The molecule has 0 saturated carbocycles. The first-order valence-electron chi connectivity index (χ1n) is 6.04. The lowest BCUT2D eigenvalue weighted by Gasteiger charge is -2.25. The molecular formula is C12H14ClN3O4S. The van der Waals surface area contributed by atoms with Gasteiger partial charge in [0.15, 0.2) is 0 Å². The zero-order valence-corrected chi connectivity index (χ0v) is 13.1. The maximum Gasteiger partial charge on any atom is 0.270 e. The van der Waals surface area contributed by atoms with E-state index in [2.05, 4.69) is 0 Å². The van der Waals surface area contributed by atoms with Gasteiger partial charge < -0.3 is 0 Å². The van der Waals surface area contributed by atoms with Gasteiger partial charge in [-0.15, -0.1) is 0 Å². The quantitative estimate of drug-likeness (QED) is 0.588. The van der Waals surface area contributed by atoms with Crippen molar-refractivity contribution in [2.75, 3.05) is 6.54 Å². The molecular weight excluding hydrogens is 318 g/mol. The van der Waals surface area contributed by atoms with Gasteiger partial charge in [0, 0.05) is 31.1 Å². The lowest BCUT2D eigenvalue weighted by Crippen LogP contribution is -2.37. The molecule has 0 atom stereocenters. The van der Waals surface area contributed by atoms with E-state index in [0.29, 0.717) is 0 Å². The van der Waals surface area contributed by atoms with Gasteiger partial charge in [-0.3, -0.25) is 10.1 Å². The fourth-order valence-electron chi connectivity index (χ4n) is 1.75. The van der Waals surface area contributed by atoms with Crippen molar-refractivity contribution in [2.24, 2.45) is 0 Å². The Labute approximate surface area is 127 Å². The van der Waals surface area contributed by atoms with Crippen molar-refractivity contribution in [1.29, 1.82) is 5.26 Å². The lowest BCUT2D eigenvalue weighted by molar-refractivity contribution is -0.385. The Morgan fingerprint density at radius 1 is 1.48 bits per heavy atom. The molecule has 0 aliphatic rings. The van der Waals surface area contributed by atoms with Gasteiger partial charge in [-0.25, -0.2) is 8.42 Å². The Balaban J connectivity index is 3.37. The highest BCUT2D eigenvalue weighted by Crippen LogP contribution is 2.29. The van der Waals surface area contributed by atoms with E-state index in [1.54, 1.807) is 13.8 Å². The third-order valence-electron chi connectivity index (χ3n) is 2.73. The zero-order valence-electron chi connectivity index (χ0n) is 11.5. The van der Waals surface area contributed by atoms with E-state index in [9.17, 15) is 18.5 Å². The summed E-state index contributed by atoms with van der Waals surface area (Å²) in [5, 5.41) is 19.3. The first-order chi connectivity index (χ1) is 9.71. The summed E-state index contributed by atoms with van der Waals surface area (Å²) in [6, 6.07) is 4.71. The van der Waals surface area contributed by atoms with Crippen molar-refractivity contribution in [2.45, 2.75) is 31.2 Å². The van der Waals surface area contributed by atoms with Gasteiger partial charge in [0.25, 0.3) is 5.69 Å². The molecule has 0 unspecified atom stereocenters. The molecule has 0 saturated heterocycles. The minimum Gasteiger partial charge on any atom is -0.258 e. The summed E-state index contributed by atoms with van der Waals surface area (Å²) in [7, 11) is -4.01. The highest BCUT2D eigenvalue weighted by atomic mass is 35.5. The van der Waals surface area contributed by atoms with Crippen LogP contribution in [0.3, 0.4) is 0 Å². The third-order valence-corrected chi connectivity index (χ3v) is 5.29. The molecule has 0 aliphatic heterocycles. The molecule has 0 amide bonds. The predicted octanol–water partition coefficient (Wildman–Crippen LogP) is 2.56. The molecule has 0 aliphatic carbocycles. The number of nitro groups is 1. The van der Waals surface area contributed by atoms with E-state index >= 15 is 0 Å². The minimum atomic E-state index is -4.01. The maximum atomic E-state index is 12.6. The van der Waals surface area contributed by atoms with Crippen LogP contribution < -0.4 is 0 Å². The van der Waals surface area contributed by atoms with E-state index in [4.69, 9.17) is 16.9 Å². The van der Waals surface area contributed by atoms with Crippen LogP contribution in [0.4, 0.5) is 5.69 Å². The summed E-state index contributed by atoms with van der Waals surface area (Å²) in [6.45, 7) is 3.30. The molecule has 114 valence electrons. The molecule has 0 spiro atoms. The number of halogens is 1. The molecule has 0 heterocycles. The standard InChI is InChI=1S/C12H14ClN3O4S/c1-9(2)15(7-3-6-14)21(19,20)12-8-10(16(17)18)4-5-11(12)13/h4-5,8-9H,3,7H2,1-2H3. The summed E-state index contributed by atoms with van der Waals surface area (Å²) in [4.78, 5) is 9.76. The highest BCUT2D eigenvalue weighted by Gasteiger charge is 2.30. The van der Waals surface area contributed by atoms with E-state index in [1.807, 2.05) is 6.07 Å². The Morgan fingerprint density at radius 3 is 2.57 bits per heavy atom. The van der Waals surface area contributed by atoms with Gasteiger partial charge in [-0.1, -0.05) is 11.6 Å². The molecule has 9 heteroatoms. The van der Waals surface area contributed by atoms with Gasteiger partial charge in [-0.2, -0.15) is 9.57 Å². The molecule has 0 fully saturated rings. The number of nitrogens with zero attached hydrogens (tertiary/aromatic N) is 3. The smallest absolute Gasteiger partial charge is 0.258 e. The molecule has 7 nitrogen and oxygen atoms in total. The molecule has 1 aromatic rings. The van der Waals surface area contributed by atoms with Crippen LogP contribution in [0, 0.1) is 21.4 Å². The van der Waals surface area contributed by atoms with Crippen molar-refractivity contribution in [1.82, 2.24) is 4.31 Å². The number of rotatable bonds is 6. The number of nitro benzene ring substituents is 1. The molecule has 0 aromatic heterocycles. The van der Waals surface area contributed by atoms with Crippen LogP contribution in [0.2, 0.25) is 5.02 Å². The van der Waals surface area contributed by atoms with Crippen LogP contribution in [0.5, 0.6) is 0 Å². The third kappa shape index (κ3) is 3.91. The number of nitriles is 1. The molecule has 1 rings (SSSR count). The van der Waals surface area contributed by atoms with Gasteiger partial charge in [0.2, 0.25) is 10.0 Å². The van der Waals surface area contributed by atoms with Gasteiger partial charge in [0.05, 0.1) is 16.0 Å². The average Bonchev–Trinajstić information content (AvgIpc) is 2.38. The van der Waals surface area contributed by atoms with Crippen LogP contribution in [-0.2, 0) is 10.0 Å². The Hall–Kier alpha value is -1.69. The van der Waals surface area contributed by atoms with E-state index < -0.39 is 21.0 Å². The second-order valence-corrected chi connectivity index (χ2v) is 6.76. The SMILES string of the molecule is CC(C)N(CCC#N)S(=O)(=O)c1cc([N+](=O)[O-])ccc1Cl. The van der Waals surface area contributed by atoms with E-state index in [0.717, 1.165) is 16.4 Å². The van der Waals surface area contributed by atoms with Crippen molar-refractivity contribution >= 4 is 27.3 Å². The van der Waals surface area contributed by atoms with Crippen LogP contribution in [0.1, 0.15) is 20.3 Å². The second kappa shape index (κ2) is 6.85. The topological polar surface area (TPSA) is 104 Å². The summed E-state index contributed by atoms with van der Waals surface area (Å²) < 4.78 is 26.3. The molecule has 0 radical (unpaired) electrons. The average molecular weight is 332 g/mol. The van der Waals surface area contributed by atoms with Gasteiger partial charge in [-0.05, 0) is 19.9 Å². The summed E-state index contributed by atoms with van der Waals surface area (Å²) in [5.41, 5.74) is -0.359.